The molecule has 0 bridgehead atoms. The van der Waals surface area contributed by atoms with Crippen molar-refractivity contribution in [1.29, 1.82) is 0 Å². The van der Waals surface area contributed by atoms with Gasteiger partial charge in [-0.05, 0) is 19.1 Å². The van der Waals surface area contributed by atoms with Crippen molar-refractivity contribution in [3.8, 4) is 0 Å². The van der Waals surface area contributed by atoms with Gasteiger partial charge in [0.2, 0.25) is 5.91 Å². The van der Waals surface area contributed by atoms with E-state index in [-0.39, 0.29) is 30.4 Å². The third kappa shape index (κ3) is 3.53. The molecule has 1 heterocycles. The maximum absolute atomic E-state index is 13.4. The van der Waals surface area contributed by atoms with Crippen LogP contribution < -0.4 is 10.6 Å². The van der Waals surface area contributed by atoms with Crippen LogP contribution in [0.2, 0.25) is 0 Å². The van der Waals surface area contributed by atoms with E-state index < -0.39 is 0 Å². The first-order valence-corrected chi connectivity index (χ1v) is 6.50. The summed E-state index contributed by atoms with van der Waals surface area (Å²) in [7, 11) is 1.62. The highest BCUT2D eigenvalue weighted by molar-refractivity contribution is 5.92. The molecule has 1 amide bonds. The molecule has 6 heteroatoms. The largest absolute Gasteiger partial charge is 0.377 e. The first kappa shape index (κ1) is 14.9. The summed E-state index contributed by atoms with van der Waals surface area (Å²) in [6.07, 6.45) is -0.0429. The molecule has 1 aliphatic rings. The first-order valence-electron chi connectivity index (χ1n) is 6.50. The van der Waals surface area contributed by atoms with Gasteiger partial charge in [0.05, 0.1) is 31.9 Å². The Hall–Kier alpha value is -1.50. The normalized spacial score (nSPS) is 21.9. The second kappa shape index (κ2) is 6.78. The average molecular weight is 282 g/mol. The van der Waals surface area contributed by atoms with Gasteiger partial charge in [-0.25, -0.2) is 4.39 Å². The lowest BCUT2D eigenvalue weighted by Gasteiger charge is -2.17. The van der Waals surface area contributed by atoms with E-state index >= 15 is 0 Å². The SMILES string of the molecule is CO[C@H]1COC[C@@H]1NCC(=O)Nc1cccc(F)c1C. The van der Waals surface area contributed by atoms with Gasteiger partial charge in [-0.15, -0.1) is 0 Å². The predicted octanol–water partition coefficient (Wildman–Crippen LogP) is 1.08. The van der Waals surface area contributed by atoms with Crippen molar-refractivity contribution < 1.29 is 18.7 Å². The maximum atomic E-state index is 13.4. The topological polar surface area (TPSA) is 59.6 Å². The van der Waals surface area contributed by atoms with Crippen LogP contribution in [0.1, 0.15) is 5.56 Å². The lowest BCUT2D eigenvalue weighted by atomic mass is 10.2. The highest BCUT2D eigenvalue weighted by Crippen LogP contribution is 2.17. The smallest absolute Gasteiger partial charge is 0.238 e. The van der Waals surface area contributed by atoms with Crippen LogP contribution in [0.5, 0.6) is 0 Å². The minimum absolute atomic E-state index is 0.000596. The number of nitrogens with one attached hydrogen (secondary N) is 2. The summed E-state index contributed by atoms with van der Waals surface area (Å²) < 4.78 is 23.9. The molecule has 0 aliphatic carbocycles. The van der Waals surface area contributed by atoms with Gasteiger partial charge in [0.1, 0.15) is 5.82 Å². The van der Waals surface area contributed by atoms with E-state index in [0.717, 1.165) is 0 Å². The van der Waals surface area contributed by atoms with Gasteiger partial charge in [-0.2, -0.15) is 0 Å². The lowest BCUT2D eigenvalue weighted by molar-refractivity contribution is -0.115. The number of hydrogen-bond donors (Lipinski definition) is 2. The Labute approximate surface area is 117 Å². The molecule has 0 radical (unpaired) electrons. The van der Waals surface area contributed by atoms with E-state index in [1.165, 1.54) is 6.07 Å². The van der Waals surface area contributed by atoms with Crippen LogP contribution in [0.25, 0.3) is 0 Å². The van der Waals surface area contributed by atoms with Crippen molar-refractivity contribution in [2.75, 3.05) is 32.2 Å². The zero-order chi connectivity index (χ0) is 14.5. The van der Waals surface area contributed by atoms with Gasteiger partial charge < -0.3 is 20.1 Å². The Bertz CT molecular complexity index is 481. The molecule has 1 aliphatic heterocycles. The van der Waals surface area contributed by atoms with Crippen LogP contribution in [-0.2, 0) is 14.3 Å². The molecule has 1 aromatic carbocycles. The number of benzene rings is 1. The molecule has 2 atom stereocenters. The van der Waals surface area contributed by atoms with Crippen molar-refractivity contribution >= 4 is 11.6 Å². The fourth-order valence-corrected chi connectivity index (χ4v) is 2.12. The number of amides is 1. The summed E-state index contributed by atoms with van der Waals surface area (Å²) in [4.78, 5) is 11.8. The van der Waals surface area contributed by atoms with Gasteiger partial charge in [0.15, 0.2) is 0 Å². The van der Waals surface area contributed by atoms with Crippen LogP contribution in [0.4, 0.5) is 10.1 Å². The molecular weight excluding hydrogens is 263 g/mol. The molecule has 2 rings (SSSR count). The number of rotatable bonds is 5. The first-order chi connectivity index (χ1) is 9.61. The fraction of sp³-hybridized carbons (Fsp3) is 0.500. The third-order valence-electron chi connectivity index (χ3n) is 3.40. The van der Waals surface area contributed by atoms with Crippen molar-refractivity contribution in [1.82, 2.24) is 5.32 Å². The second-order valence-electron chi connectivity index (χ2n) is 4.76. The highest BCUT2D eigenvalue weighted by Gasteiger charge is 2.28. The van der Waals surface area contributed by atoms with Gasteiger partial charge in [0, 0.05) is 18.4 Å². The summed E-state index contributed by atoms with van der Waals surface area (Å²) in [5.74, 6) is -0.556. The molecular formula is C14H19FN2O3. The molecule has 0 saturated carbocycles. The molecule has 20 heavy (non-hydrogen) atoms. The van der Waals surface area contributed by atoms with Crippen molar-refractivity contribution in [3.63, 3.8) is 0 Å². The number of ether oxygens (including phenoxy) is 2. The summed E-state index contributed by atoms with van der Waals surface area (Å²) in [6.45, 7) is 2.80. The average Bonchev–Trinajstić information content (AvgIpc) is 2.89. The fourth-order valence-electron chi connectivity index (χ4n) is 2.12. The van der Waals surface area contributed by atoms with Gasteiger partial charge >= 0.3 is 0 Å². The van der Waals surface area contributed by atoms with E-state index in [1.807, 2.05) is 0 Å². The molecule has 2 N–H and O–H groups in total. The number of methoxy groups -OCH3 is 1. The zero-order valence-electron chi connectivity index (χ0n) is 11.6. The minimum atomic E-state index is -0.334. The third-order valence-corrected chi connectivity index (χ3v) is 3.40. The number of halogens is 1. The molecule has 1 fully saturated rings. The molecule has 1 aromatic rings. The molecule has 5 nitrogen and oxygen atoms in total. The quantitative estimate of drug-likeness (QED) is 0.848. The van der Waals surface area contributed by atoms with Crippen LogP contribution in [0.3, 0.4) is 0 Å². The summed E-state index contributed by atoms with van der Waals surface area (Å²) in [6, 6.07) is 4.60. The van der Waals surface area contributed by atoms with Crippen LogP contribution in [0, 0.1) is 12.7 Å². The van der Waals surface area contributed by atoms with Gasteiger partial charge in [-0.1, -0.05) is 6.07 Å². The van der Waals surface area contributed by atoms with E-state index in [4.69, 9.17) is 9.47 Å². The van der Waals surface area contributed by atoms with Crippen LogP contribution in [-0.4, -0.2) is 44.9 Å². The molecule has 0 unspecified atom stereocenters. The van der Waals surface area contributed by atoms with E-state index in [9.17, 15) is 9.18 Å². The summed E-state index contributed by atoms with van der Waals surface area (Å²) in [5, 5.41) is 5.77. The van der Waals surface area contributed by atoms with Gasteiger partial charge in [0.25, 0.3) is 0 Å². The van der Waals surface area contributed by atoms with E-state index in [2.05, 4.69) is 10.6 Å². The monoisotopic (exact) mass is 282 g/mol. The van der Waals surface area contributed by atoms with Gasteiger partial charge in [-0.3, -0.25) is 4.79 Å². The molecule has 0 aromatic heterocycles. The Morgan fingerprint density at radius 3 is 3.05 bits per heavy atom. The van der Waals surface area contributed by atoms with Crippen molar-refractivity contribution in [3.05, 3.63) is 29.6 Å². The number of anilines is 1. The summed E-state index contributed by atoms with van der Waals surface area (Å²) in [5.41, 5.74) is 0.919. The number of carbonyl (C=O) groups excluding carboxylic acids is 1. The highest BCUT2D eigenvalue weighted by atomic mass is 19.1. The Morgan fingerprint density at radius 2 is 2.30 bits per heavy atom. The predicted molar refractivity (Wildman–Crippen MR) is 73.2 cm³/mol. The molecule has 0 spiro atoms. The minimum Gasteiger partial charge on any atom is -0.377 e. The molecule has 1 saturated heterocycles. The Balaban J connectivity index is 1.85. The van der Waals surface area contributed by atoms with E-state index in [0.29, 0.717) is 24.5 Å². The Kier molecular flexibility index (Phi) is 5.05. The zero-order valence-corrected chi connectivity index (χ0v) is 11.6. The Morgan fingerprint density at radius 1 is 1.50 bits per heavy atom. The van der Waals surface area contributed by atoms with Crippen molar-refractivity contribution in [2.24, 2.45) is 0 Å². The number of carbonyl (C=O) groups is 1. The van der Waals surface area contributed by atoms with Crippen LogP contribution >= 0.6 is 0 Å². The lowest BCUT2D eigenvalue weighted by Crippen LogP contribution is -2.43. The van der Waals surface area contributed by atoms with Crippen LogP contribution in [0.15, 0.2) is 18.2 Å². The van der Waals surface area contributed by atoms with Crippen molar-refractivity contribution in [2.45, 2.75) is 19.1 Å². The van der Waals surface area contributed by atoms with E-state index in [1.54, 1.807) is 26.2 Å². The summed E-state index contributed by atoms with van der Waals surface area (Å²) >= 11 is 0. The molecule has 110 valence electrons. The number of hydrogen-bond acceptors (Lipinski definition) is 4. The maximum Gasteiger partial charge on any atom is 0.238 e. The second-order valence-corrected chi connectivity index (χ2v) is 4.76. The standard InChI is InChI=1S/C14H19FN2O3/c1-9-10(15)4-3-5-11(9)17-14(18)6-16-12-7-20-8-13(12)19-2/h3-5,12-13,16H,6-8H2,1-2H3,(H,17,18)/t12-,13-/m0/s1.